The largest absolute Gasteiger partial charge is 0.331 e. The van der Waals surface area contributed by atoms with Gasteiger partial charge in [0.25, 0.3) is 0 Å². The smallest absolute Gasteiger partial charge is 0.318 e. The summed E-state index contributed by atoms with van der Waals surface area (Å²) in [4.78, 5) is 18.9. The lowest BCUT2D eigenvalue weighted by Crippen LogP contribution is -2.47. The molecular formula is C17H23N5OS. The second-order valence-electron chi connectivity index (χ2n) is 5.92. The van der Waals surface area contributed by atoms with Crippen LogP contribution in [-0.2, 0) is 7.05 Å². The van der Waals surface area contributed by atoms with Gasteiger partial charge in [0.05, 0.1) is 18.3 Å². The Balaban J connectivity index is 1.74. The standard InChI is InChI=1S/C17H23N5OS/c1-3-15(13-4-6-18-7-5-13)20-17(23)22-8-9-24-12-16(22)14-10-19-21(2)11-14/h4-7,10-11,15-16H,3,8-9,12H2,1-2H3,(H,20,23)/t15-,16+/m0/s1. The summed E-state index contributed by atoms with van der Waals surface area (Å²) < 4.78 is 1.79. The van der Waals surface area contributed by atoms with E-state index >= 15 is 0 Å². The average molecular weight is 345 g/mol. The summed E-state index contributed by atoms with van der Waals surface area (Å²) in [6.07, 6.45) is 8.23. The summed E-state index contributed by atoms with van der Waals surface area (Å²) in [7, 11) is 1.90. The van der Waals surface area contributed by atoms with Crippen molar-refractivity contribution >= 4 is 17.8 Å². The minimum Gasteiger partial charge on any atom is -0.331 e. The van der Waals surface area contributed by atoms with Crippen LogP contribution >= 0.6 is 11.8 Å². The van der Waals surface area contributed by atoms with Crippen molar-refractivity contribution in [3.05, 3.63) is 48.0 Å². The number of rotatable bonds is 4. The highest BCUT2D eigenvalue weighted by atomic mass is 32.2. The molecule has 2 amide bonds. The number of nitrogens with zero attached hydrogens (tertiary/aromatic N) is 4. The van der Waals surface area contributed by atoms with E-state index in [1.54, 1.807) is 17.1 Å². The number of carbonyl (C=O) groups is 1. The van der Waals surface area contributed by atoms with Gasteiger partial charge < -0.3 is 10.2 Å². The number of nitrogens with one attached hydrogen (secondary N) is 1. The average Bonchev–Trinajstić information content (AvgIpc) is 3.06. The molecular weight excluding hydrogens is 322 g/mol. The van der Waals surface area contributed by atoms with E-state index in [0.29, 0.717) is 0 Å². The molecule has 0 spiro atoms. The third kappa shape index (κ3) is 3.72. The second kappa shape index (κ2) is 7.70. The molecule has 0 radical (unpaired) electrons. The lowest BCUT2D eigenvalue weighted by Gasteiger charge is -2.36. The molecule has 3 heterocycles. The maximum atomic E-state index is 12.9. The third-order valence-corrected chi connectivity index (χ3v) is 5.34. The Morgan fingerprint density at radius 3 is 2.92 bits per heavy atom. The predicted molar refractivity (Wildman–Crippen MR) is 95.8 cm³/mol. The van der Waals surface area contributed by atoms with Crippen molar-refractivity contribution < 1.29 is 4.79 Å². The van der Waals surface area contributed by atoms with Gasteiger partial charge in [0.15, 0.2) is 0 Å². The molecule has 0 unspecified atom stereocenters. The van der Waals surface area contributed by atoms with Crippen LogP contribution in [0.15, 0.2) is 36.9 Å². The van der Waals surface area contributed by atoms with E-state index in [1.165, 1.54) is 0 Å². The number of hydrogen-bond acceptors (Lipinski definition) is 4. The number of amides is 2. The lowest BCUT2D eigenvalue weighted by atomic mass is 10.1. The van der Waals surface area contributed by atoms with Gasteiger partial charge in [-0.05, 0) is 24.1 Å². The van der Waals surface area contributed by atoms with Crippen molar-refractivity contribution in [1.82, 2.24) is 25.0 Å². The molecule has 2 aromatic heterocycles. The molecule has 128 valence electrons. The molecule has 6 nitrogen and oxygen atoms in total. The summed E-state index contributed by atoms with van der Waals surface area (Å²) in [6.45, 7) is 2.83. The Labute approximate surface area is 146 Å². The number of aryl methyl sites for hydroxylation is 1. The Kier molecular flexibility index (Phi) is 5.40. The van der Waals surface area contributed by atoms with E-state index < -0.39 is 0 Å². The Morgan fingerprint density at radius 1 is 1.46 bits per heavy atom. The first-order chi connectivity index (χ1) is 11.7. The van der Waals surface area contributed by atoms with Crippen LogP contribution in [0.5, 0.6) is 0 Å². The van der Waals surface area contributed by atoms with Crippen molar-refractivity contribution in [2.24, 2.45) is 7.05 Å². The van der Waals surface area contributed by atoms with Crippen LogP contribution in [0.1, 0.15) is 36.6 Å². The Morgan fingerprint density at radius 2 is 2.25 bits per heavy atom. The molecule has 24 heavy (non-hydrogen) atoms. The van der Waals surface area contributed by atoms with Gasteiger partial charge in [0.2, 0.25) is 0 Å². The zero-order valence-corrected chi connectivity index (χ0v) is 14.9. The van der Waals surface area contributed by atoms with Crippen molar-refractivity contribution in [3.63, 3.8) is 0 Å². The summed E-state index contributed by atoms with van der Waals surface area (Å²) in [5, 5.41) is 7.43. The quantitative estimate of drug-likeness (QED) is 0.925. The molecule has 2 atom stereocenters. The number of urea groups is 1. The third-order valence-electron chi connectivity index (χ3n) is 4.31. The number of carbonyl (C=O) groups excluding carboxylic acids is 1. The first kappa shape index (κ1) is 16.8. The highest BCUT2D eigenvalue weighted by Gasteiger charge is 2.30. The Hall–Kier alpha value is -2.02. The zero-order chi connectivity index (χ0) is 16.9. The molecule has 1 N–H and O–H groups in total. The molecule has 1 fully saturated rings. The van der Waals surface area contributed by atoms with Gasteiger partial charge in [0, 0.05) is 49.3 Å². The summed E-state index contributed by atoms with van der Waals surface area (Å²) in [5.74, 6) is 1.88. The van der Waals surface area contributed by atoms with Crippen LogP contribution in [0, 0.1) is 0 Å². The van der Waals surface area contributed by atoms with Crippen LogP contribution < -0.4 is 5.32 Å². The van der Waals surface area contributed by atoms with Crippen LogP contribution in [0.3, 0.4) is 0 Å². The monoisotopic (exact) mass is 345 g/mol. The van der Waals surface area contributed by atoms with Crippen LogP contribution in [-0.4, -0.2) is 43.7 Å². The van der Waals surface area contributed by atoms with E-state index in [9.17, 15) is 4.79 Å². The van der Waals surface area contributed by atoms with Gasteiger partial charge in [-0.3, -0.25) is 9.67 Å². The second-order valence-corrected chi connectivity index (χ2v) is 7.07. The molecule has 0 aromatic carbocycles. The van der Waals surface area contributed by atoms with E-state index in [-0.39, 0.29) is 18.1 Å². The normalized spacial score (nSPS) is 19.1. The Bertz CT molecular complexity index is 675. The van der Waals surface area contributed by atoms with Crippen LogP contribution in [0.2, 0.25) is 0 Å². The van der Waals surface area contributed by atoms with Gasteiger partial charge >= 0.3 is 6.03 Å². The summed E-state index contributed by atoms with van der Waals surface area (Å²) in [6, 6.07) is 3.99. The molecule has 3 rings (SSSR count). The molecule has 0 saturated carbocycles. The number of aromatic nitrogens is 3. The topological polar surface area (TPSA) is 63.1 Å². The van der Waals surface area contributed by atoms with Crippen molar-refractivity contribution in [2.45, 2.75) is 25.4 Å². The predicted octanol–water partition coefficient (Wildman–Crippen LogP) is 2.77. The van der Waals surface area contributed by atoms with Gasteiger partial charge in [-0.2, -0.15) is 16.9 Å². The summed E-state index contributed by atoms with van der Waals surface area (Å²) in [5.41, 5.74) is 2.18. The van der Waals surface area contributed by atoms with E-state index in [0.717, 1.165) is 35.6 Å². The maximum Gasteiger partial charge on any atom is 0.318 e. The van der Waals surface area contributed by atoms with E-state index in [2.05, 4.69) is 22.3 Å². The minimum atomic E-state index is -0.00665. The highest BCUT2D eigenvalue weighted by Crippen LogP contribution is 2.30. The van der Waals surface area contributed by atoms with Gasteiger partial charge in [-0.15, -0.1) is 0 Å². The fraction of sp³-hybridized carbons (Fsp3) is 0.471. The van der Waals surface area contributed by atoms with Gasteiger partial charge in [-0.1, -0.05) is 6.92 Å². The van der Waals surface area contributed by atoms with E-state index in [4.69, 9.17) is 0 Å². The summed E-state index contributed by atoms with van der Waals surface area (Å²) >= 11 is 1.88. The number of hydrogen-bond donors (Lipinski definition) is 1. The molecule has 0 bridgehead atoms. The van der Waals surface area contributed by atoms with Crippen molar-refractivity contribution in [3.8, 4) is 0 Å². The minimum absolute atomic E-state index is 0.00429. The molecule has 7 heteroatoms. The maximum absolute atomic E-state index is 12.9. The SMILES string of the molecule is CC[C@H](NC(=O)N1CCSC[C@@H]1c1cnn(C)c1)c1ccncc1. The first-order valence-electron chi connectivity index (χ1n) is 8.22. The van der Waals surface area contributed by atoms with E-state index in [1.807, 2.05) is 48.2 Å². The molecule has 1 saturated heterocycles. The van der Waals surface area contributed by atoms with Crippen molar-refractivity contribution in [1.29, 1.82) is 0 Å². The molecule has 1 aliphatic heterocycles. The number of thioether (sulfide) groups is 1. The fourth-order valence-electron chi connectivity index (χ4n) is 2.98. The van der Waals surface area contributed by atoms with Crippen LogP contribution in [0.25, 0.3) is 0 Å². The first-order valence-corrected chi connectivity index (χ1v) is 9.38. The highest BCUT2D eigenvalue weighted by molar-refractivity contribution is 7.99. The lowest BCUT2D eigenvalue weighted by molar-refractivity contribution is 0.178. The van der Waals surface area contributed by atoms with Crippen LogP contribution in [0.4, 0.5) is 4.79 Å². The van der Waals surface area contributed by atoms with Gasteiger partial charge in [-0.25, -0.2) is 4.79 Å². The van der Waals surface area contributed by atoms with Gasteiger partial charge in [0.1, 0.15) is 0 Å². The van der Waals surface area contributed by atoms with Crippen molar-refractivity contribution in [2.75, 3.05) is 18.1 Å². The zero-order valence-electron chi connectivity index (χ0n) is 14.1. The molecule has 0 aliphatic carbocycles. The fourth-order valence-corrected chi connectivity index (χ4v) is 4.07. The molecule has 1 aliphatic rings. The number of pyridine rings is 1. The molecule has 2 aromatic rings.